The molecule has 0 aliphatic rings. The summed E-state index contributed by atoms with van der Waals surface area (Å²) in [4.78, 5) is 0. The summed E-state index contributed by atoms with van der Waals surface area (Å²) in [5, 5.41) is 3.46. The van der Waals surface area contributed by atoms with Gasteiger partial charge < -0.3 is 5.32 Å². The van der Waals surface area contributed by atoms with Crippen molar-refractivity contribution < 1.29 is 4.39 Å². The Labute approximate surface area is 117 Å². The average molecular weight is 265 g/mol. The maximum atomic E-state index is 14.2. The molecular formula is C17H28FN. The van der Waals surface area contributed by atoms with Crippen LogP contribution in [0.2, 0.25) is 0 Å². The molecule has 0 heterocycles. The Hall–Kier alpha value is -0.890. The number of hydrogen-bond donors (Lipinski definition) is 1. The molecule has 0 saturated carbocycles. The molecule has 2 unspecified atom stereocenters. The zero-order valence-electron chi connectivity index (χ0n) is 13.2. The van der Waals surface area contributed by atoms with Gasteiger partial charge in [-0.05, 0) is 67.4 Å². The minimum atomic E-state index is -0.0549. The topological polar surface area (TPSA) is 12.0 Å². The summed E-state index contributed by atoms with van der Waals surface area (Å²) in [6, 6.07) is 3.72. The molecule has 1 N–H and O–H groups in total. The van der Waals surface area contributed by atoms with Crippen molar-refractivity contribution >= 4 is 0 Å². The van der Waals surface area contributed by atoms with Crippen LogP contribution in [0.5, 0.6) is 0 Å². The summed E-state index contributed by atoms with van der Waals surface area (Å²) in [5.41, 5.74) is 2.95. The molecule has 0 radical (unpaired) electrons. The van der Waals surface area contributed by atoms with Gasteiger partial charge in [-0.15, -0.1) is 0 Å². The van der Waals surface area contributed by atoms with Crippen molar-refractivity contribution in [1.29, 1.82) is 0 Å². The zero-order valence-corrected chi connectivity index (χ0v) is 13.2. The van der Waals surface area contributed by atoms with Crippen molar-refractivity contribution in [3.63, 3.8) is 0 Å². The number of benzene rings is 1. The van der Waals surface area contributed by atoms with Crippen molar-refractivity contribution in [1.82, 2.24) is 5.32 Å². The summed E-state index contributed by atoms with van der Waals surface area (Å²) < 4.78 is 14.2. The molecule has 1 rings (SSSR count). The monoisotopic (exact) mass is 265 g/mol. The molecule has 0 aliphatic heterocycles. The fourth-order valence-corrected chi connectivity index (χ4v) is 2.56. The van der Waals surface area contributed by atoms with E-state index >= 15 is 0 Å². The van der Waals surface area contributed by atoms with Crippen molar-refractivity contribution in [3.8, 4) is 0 Å². The zero-order chi connectivity index (χ0) is 14.6. The summed E-state index contributed by atoms with van der Waals surface area (Å²) in [7, 11) is 0. The van der Waals surface area contributed by atoms with E-state index in [1.807, 2.05) is 13.8 Å². The van der Waals surface area contributed by atoms with Crippen molar-refractivity contribution in [2.45, 2.75) is 47.5 Å². The van der Waals surface area contributed by atoms with E-state index < -0.39 is 0 Å². The van der Waals surface area contributed by atoms with E-state index in [2.05, 4.69) is 39.1 Å². The van der Waals surface area contributed by atoms with Gasteiger partial charge in [-0.25, -0.2) is 4.39 Å². The molecular weight excluding hydrogens is 237 g/mol. The third-order valence-electron chi connectivity index (χ3n) is 3.81. The molecule has 1 aromatic rings. The van der Waals surface area contributed by atoms with Crippen LogP contribution in [0, 0.1) is 31.5 Å². The second-order valence-electron chi connectivity index (χ2n) is 6.30. The molecule has 0 amide bonds. The highest BCUT2D eigenvalue weighted by Crippen LogP contribution is 2.29. The molecule has 1 nitrogen and oxygen atoms in total. The maximum absolute atomic E-state index is 14.2. The largest absolute Gasteiger partial charge is 0.316 e. The Bertz CT molecular complexity index is 389. The molecule has 0 saturated heterocycles. The molecule has 0 aromatic heterocycles. The predicted octanol–water partition coefficient (Wildman–Crippen LogP) is 4.43. The SMILES string of the molecule is Cc1cc(C)c(C(C)C(C)CNCC(C)C)c(F)c1. The smallest absolute Gasteiger partial charge is 0.127 e. The number of nitrogens with one attached hydrogen (secondary N) is 1. The third-order valence-corrected chi connectivity index (χ3v) is 3.81. The van der Waals surface area contributed by atoms with Crippen molar-refractivity contribution in [3.05, 3.63) is 34.6 Å². The lowest BCUT2D eigenvalue weighted by Gasteiger charge is -2.24. The number of halogens is 1. The van der Waals surface area contributed by atoms with Gasteiger partial charge in [0.1, 0.15) is 5.82 Å². The van der Waals surface area contributed by atoms with E-state index in [1.54, 1.807) is 6.07 Å². The number of hydrogen-bond acceptors (Lipinski definition) is 1. The highest BCUT2D eigenvalue weighted by Gasteiger charge is 2.20. The Morgan fingerprint density at radius 1 is 1.05 bits per heavy atom. The van der Waals surface area contributed by atoms with Gasteiger partial charge in [-0.2, -0.15) is 0 Å². The molecule has 2 atom stereocenters. The van der Waals surface area contributed by atoms with E-state index in [-0.39, 0.29) is 11.7 Å². The van der Waals surface area contributed by atoms with Crippen LogP contribution in [0.4, 0.5) is 4.39 Å². The van der Waals surface area contributed by atoms with Crippen LogP contribution in [0.1, 0.15) is 50.3 Å². The van der Waals surface area contributed by atoms with Gasteiger partial charge >= 0.3 is 0 Å². The summed E-state index contributed by atoms with van der Waals surface area (Å²) in [5.74, 6) is 1.26. The highest BCUT2D eigenvalue weighted by atomic mass is 19.1. The van der Waals surface area contributed by atoms with E-state index in [0.29, 0.717) is 11.8 Å². The second kappa shape index (κ2) is 7.04. The number of rotatable bonds is 6. The van der Waals surface area contributed by atoms with Crippen molar-refractivity contribution in [2.75, 3.05) is 13.1 Å². The molecule has 0 fully saturated rings. The Morgan fingerprint density at radius 3 is 2.21 bits per heavy atom. The lowest BCUT2D eigenvalue weighted by molar-refractivity contribution is 0.417. The molecule has 19 heavy (non-hydrogen) atoms. The van der Waals surface area contributed by atoms with E-state index in [1.165, 1.54) is 0 Å². The quantitative estimate of drug-likeness (QED) is 0.802. The minimum absolute atomic E-state index is 0.0549. The number of aryl methyl sites for hydroxylation is 2. The standard InChI is InChI=1S/C17H28FN/c1-11(2)9-19-10-14(5)15(6)17-13(4)7-12(3)8-16(17)18/h7-8,11,14-15,19H,9-10H2,1-6H3. The van der Waals surface area contributed by atoms with Gasteiger partial charge in [0.05, 0.1) is 0 Å². The molecule has 1 aromatic carbocycles. The van der Waals surface area contributed by atoms with Gasteiger partial charge in [0, 0.05) is 0 Å². The average Bonchev–Trinajstić information content (AvgIpc) is 2.26. The highest BCUT2D eigenvalue weighted by molar-refractivity contribution is 5.34. The Kier molecular flexibility index (Phi) is 5.99. The first-order chi connectivity index (χ1) is 8.82. The molecule has 2 heteroatoms. The van der Waals surface area contributed by atoms with E-state index in [4.69, 9.17) is 0 Å². The van der Waals surface area contributed by atoms with Crippen LogP contribution in [-0.2, 0) is 0 Å². The van der Waals surface area contributed by atoms with Crippen LogP contribution >= 0.6 is 0 Å². The first kappa shape index (κ1) is 16.2. The molecule has 0 spiro atoms. The van der Waals surface area contributed by atoms with Gasteiger partial charge in [-0.1, -0.05) is 33.8 Å². The van der Waals surface area contributed by atoms with Crippen LogP contribution in [-0.4, -0.2) is 13.1 Å². The Morgan fingerprint density at radius 2 is 1.68 bits per heavy atom. The second-order valence-corrected chi connectivity index (χ2v) is 6.30. The minimum Gasteiger partial charge on any atom is -0.316 e. The van der Waals surface area contributed by atoms with Crippen LogP contribution in [0.15, 0.2) is 12.1 Å². The molecule has 0 aliphatic carbocycles. The third kappa shape index (κ3) is 4.61. The normalized spacial score (nSPS) is 14.7. The first-order valence-electron chi connectivity index (χ1n) is 7.30. The predicted molar refractivity (Wildman–Crippen MR) is 81.2 cm³/mol. The van der Waals surface area contributed by atoms with Gasteiger partial charge in [0.25, 0.3) is 0 Å². The molecule has 0 bridgehead atoms. The van der Waals surface area contributed by atoms with Gasteiger partial charge in [0.2, 0.25) is 0 Å². The van der Waals surface area contributed by atoms with E-state index in [9.17, 15) is 4.39 Å². The Balaban J connectivity index is 2.74. The van der Waals surface area contributed by atoms with E-state index in [0.717, 1.165) is 29.8 Å². The fraction of sp³-hybridized carbons (Fsp3) is 0.647. The van der Waals surface area contributed by atoms with Crippen LogP contribution in [0.25, 0.3) is 0 Å². The first-order valence-corrected chi connectivity index (χ1v) is 7.30. The van der Waals surface area contributed by atoms with Gasteiger partial charge in [-0.3, -0.25) is 0 Å². The lowest BCUT2D eigenvalue weighted by atomic mass is 9.85. The molecule has 108 valence electrons. The summed E-state index contributed by atoms with van der Waals surface area (Å²) in [6.07, 6.45) is 0. The summed E-state index contributed by atoms with van der Waals surface area (Å²) >= 11 is 0. The van der Waals surface area contributed by atoms with Crippen LogP contribution < -0.4 is 5.32 Å². The maximum Gasteiger partial charge on any atom is 0.127 e. The summed E-state index contributed by atoms with van der Waals surface area (Å²) in [6.45, 7) is 14.6. The fourth-order valence-electron chi connectivity index (χ4n) is 2.56. The van der Waals surface area contributed by atoms with Crippen LogP contribution in [0.3, 0.4) is 0 Å². The van der Waals surface area contributed by atoms with Crippen molar-refractivity contribution in [2.24, 2.45) is 11.8 Å². The lowest BCUT2D eigenvalue weighted by Crippen LogP contribution is -2.28. The van der Waals surface area contributed by atoms with Gasteiger partial charge in [0.15, 0.2) is 0 Å².